The van der Waals surface area contributed by atoms with Crippen LogP contribution in [-0.4, -0.2) is 24.9 Å². The first-order valence-corrected chi connectivity index (χ1v) is 7.16. The van der Waals surface area contributed by atoms with E-state index < -0.39 is 10.0 Å². The topological polar surface area (TPSA) is 70.8 Å². The van der Waals surface area contributed by atoms with Gasteiger partial charge in [-0.05, 0) is 17.7 Å². The monoisotopic (exact) mass is 281 g/mol. The molecular formula is C13H15NO4S. The Morgan fingerprint density at radius 1 is 1.26 bits per heavy atom. The second-order valence-corrected chi connectivity index (χ2v) is 6.17. The molecule has 1 aromatic heterocycles. The highest BCUT2D eigenvalue weighted by atomic mass is 32.2. The predicted octanol–water partition coefficient (Wildman–Crippen LogP) is 1.59. The first-order chi connectivity index (χ1) is 9.05. The van der Waals surface area contributed by atoms with Crippen LogP contribution >= 0.6 is 0 Å². The van der Waals surface area contributed by atoms with Crippen LogP contribution in [0.1, 0.15) is 11.1 Å². The van der Waals surface area contributed by atoms with E-state index in [0.29, 0.717) is 5.56 Å². The summed E-state index contributed by atoms with van der Waals surface area (Å²) in [6.45, 7) is -0.0897. The van der Waals surface area contributed by atoms with E-state index in [-0.39, 0.29) is 18.0 Å². The maximum Gasteiger partial charge on any atom is 0.243 e. The van der Waals surface area contributed by atoms with Crippen molar-refractivity contribution in [3.63, 3.8) is 0 Å². The van der Waals surface area contributed by atoms with Crippen LogP contribution in [0.5, 0.6) is 0 Å². The van der Waals surface area contributed by atoms with Crippen LogP contribution < -0.4 is 0 Å². The average Bonchev–Trinajstić information content (AvgIpc) is 2.91. The minimum atomic E-state index is -3.63. The molecule has 0 aliphatic heterocycles. The van der Waals surface area contributed by atoms with Gasteiger partial charge in [-0.15, -0.1) is 0 Å². The van der Waals surface area contributed by atoms with Crippen molar-refractivity contribution in [2.45, 2.75) is 18.0 Å². The van der Waals surface area contributed by atoms with Gasteiger partial charge in [0, 0.05) is 19.2 Å². The van der Waals surface area contributed by atoms with Gasteiger partial charge in [-0.2, -0.15) is 4.31 Å². The van der Waals surface area contributed by atoms with Crippen molar-refractivity contribution in [1.29, 1.82) is 0 Å². The molecule has 0 unspecified atom stereocenters. The fourth-order valence-corrected chi connectivity index (χ4v) is 3.15. The first kappa shape index (κ1) is 13.8. The zero-order chi connectivity index (χ0) is 13.9. The second-order valence-electron chi connectivity index (χ2n) is 4.16. The van der Waals surface area contributed by atoms with E-state index in [1.807, 2.05) is 0 Å². The van der Waals surface area contributed by atoms with Crippen molar-refractivity contribution >= 4 is 10.0 Å². The van der Waals surface area contributed by atoms with Gasteiger partial charge in [-0.1, -0.05) is 18.2 Å². The number of benzene rings is 1. The van der Waals surface area contributed by atoms with Crippen LogP contribution in [0.2, 0.25) is 0 Å². The Hall–Kier alpha value is -1.63. The molecule has 0 aliphatic carbocycles. The SMILES string of the molecule is CN(Cc1ccoc1)S(=O)(=O)c1ccccc1CO. The molecule has 1 aromatic carbocycles. The van der Waals surface area contributed by atoms with Gasteiger partial charge in [0.05, 0.1) is 24.0 Å². The lowest BCUT2D eigenvalue weighted by Crippen LogP contribution is -2.27. The Morgan fingerprint density at radius 3 is 2.63 bits per heavy atom. The van der Waals surface area contributed by atoms with Crippen LogP contribution in [0.3, 0.4) is 0 Å². The Balaban J connectivity index is 2.31. The molecule has 2 rings (SSSR count). The molecule has 0 atom stereocenters. The van der Waals surface area contributed by atoms with E-state index in [1.54, 1.807) is 24.3 Å². The van der Waals surface area contributed by atoms with Gasteiger partial charge < -0.3 is 9.52 Å². The van der Waals surface area contributed by atoms with Crippen molar-refractivity contribution in [3.8, 4) is 0 Å². The van der Waals surface area contributed by atoms with Crippen molar-refractivity contribution in [2.75, 3.05) is 7.05 Å². The fraction of sp³-hybridized carbons (Fsp3) is 0.231. The van der Waals surface area contributed by atoms with E-state index >= 15 is 0 Å². The maximum absolute atomic E-state index is 12.4. The Labute approximate surface area is 112 Å². The molecule has 1 N–H and O–H groups in total. The molecular weight excluding hydrogens is 266 g/mol. The smallest absolute Gasteiger partial charge is 0.243 e. The van der Waals surface area contributed by atoms with Gasteiger partial charge in [0.15, 0.2) is 0 Å². The lowest BCUT2D eigenvalue weighted by Gasteiger charge is -2.18. The van der Waals surface area contributed by atoms with E-state index in [4.69, 9.17) is 4.42 Å². The molecule has 19 heavy (non-hydrogen) atoms. The van der Waals surface area contributed by atoms with Gasteiger partial charge in [-0.25, -0.2) is 8.42 Å². The van der Waals surface area contributed by atoms with Gasteiger partial charge in [0.1, 0.15) is 0 Å². The molecule has 0 aliphatic rings. The summed E-state index contributed by atoms with van der Waals surface area (Å²) in [5, 5.41) is 9.22. The van der Waals surface area contributed by atoms with Crippen LogP contribution in [0.4, 0.5) is 0 Å². The van der Waals surface area contributed by atoms with E-state index in [1.165, 1.54) is 29.9 Å². The zero-order valence-electron chi connectivity index (χ0n) is 10.5. The summed E-state index contributed by atoms with van der Waals surface area (Å²) in [6, 6.07) is 8.13. The normalized spacial score (nSPS) is 11.9. The van der Waals surface area contributed by atoms with E-state index in [9.17, 15) is 13.5 Å². The lowest BCUT2D eigenvalue weighted by atomic mass is 10.2. The van der Waals surface area contributed by atoms with Crippen LogP contribution in [-0.2, 0) is 23.2 Å². The Bertz CT molecular complexity index is 634. The number of nitrogens with zero attached hydrogens (tertiary/aromatic N) is 1. The molecule has 6 heteroatoms. The summed E-state index contributed by atoms with van der Waals surface area (Å²) in [5.41, 5.74) is 1.16. The summed E-state index contributed by atoms with van der Waals surface area (Å²) in [5.74, 6) is 0. The summed E-state index contributed by atoms with van der Waals surface area (Å²) >= 11 is 0. The van der Waals surface area contributed by atoms with E-state index in [2.05, 4.69) is 0 Å². The maximum atomic E-state index is 12.4. The van der Waals surface area contributed by atoms with Crippen molar-refractivity contribution in [3.05, 3.63) is 54.0 Å². The van der Waals surface area contributed by atoms with Crippen molar-refractivity contribution in [2.24, 2.45) is 0 Å². The number of rotatable bonds is 5. The minimum Gasteiger partial charge on any atom is -0.472 e. The molecule has 5 nitrogen and oxygen atoms in total. The fourth-order valence-electron chi connectivity index (χ4n) is 1.78. The molecule has 0 bridgehead atoms. The largest absolute Gasteiger partial charge is 0.472 e. The Morgan fingerprint density at radius 2 is 2.00 bits per heavy atom. The molecule has 0 saturated carbocycles. The molecule has 0 saturated heterocycles. The van der Waals surface area contributed by atoms with Crippen LogP contribution in [0.25, 0.3) is 0 Å². The van der Waals surface area contributed by atoms with Crippen LogP contribution in [0, 0.1) is 0 Å². The van der Waals surface area contributed by atoms with Gasteiger partial charge >= 0.3 is 0 Å². The number of furan rings is 1. The summed E-state index contributed by atoms with van der Waals surface area (Å²) in [6.07, 6.45) is 3.00. The standard InChI is InChI=1S/C13H15NO4S/c1-14(8-11-6-7-18-10-11)19(16,17)13-5-3-2-4-12(13)9-15/h2-7,10,15H,8-9H2,1H3. The molecule has 0 fully saturated rings. The third-order valence-electron chi connectivity index (χ3n) is 2.82. The highest BCUT2D eigenvalue weighted by Gasteiger charge is 2.23. The summed E-state index contributed by atoms with van der Waals surface area (Å²) in [4.78, 5) is 0.128. The number of hydrogen-bond donors (Lipinski definition) is 1. The summed E-state index contributed by atoms with van der Waals surface area (Å²) in [7, 11) is -2.13. The van der Waals surface area contributed by atoms with E-state index in [0.717, 1.165) is 5.56 Å². The predicted molar refractivity (Wildman–Crippen MR) is 69.7 cm³/mol. The van der Waals surface area contributed by atoms with Crippen LogP contribution in [0.15, 0.2) is 52.2 Å². The van der Waals surface area contributed by atoms with Crippen molar-refractivity contribution in [1.82, 2.24) is 4.31 Å². The van der Waals surface area contributed by atoms with Gasteiger partial charge in [0.25, 0.3) is 0 Å². The number of aliphatic hydroxyl groups excluding tert-OH is 1. The molecule has 1 heterocycles. The molecule has 2 aromatic rings. The molecule has 102 valence electrons. The third kappa shape index (κ3) is 2.86. The molecule has 0 spiro atoms. The first-order valence-electron chi connectivity index (χ1n) is 5.72. The van der Waals surface area contributed by atoms with Gasteiger partial charge in [0.2, 0.25) is 10.0 Å². The lowest BCUT2D eigenvalue weighted by molar-refractivity contribution is 0.278. The average molecular weight is 281 g/mol. The molecule has 0 amide bonds. The third-order valence-corrected chi connectivity index (χ3v) is 4.72. The second kappa shape index (κ2) is 5.56. The quantitative estimate of drug-likeness (QED) is 0.903. The number of aliphatic hydroxyl groups is 1. The Kier molecular flexibility index (Phi) is 4.04. The zero-order valence-corrected chi connectivity index (χ0v) is 11.3. The highest BCUT2D eigenvalue weighted by Crippen LogP contribution is 2.20. The highest BCUT2D eigenvalue weighted by molar-refractivity contribution is 7.89. The number of hydrogen-bond acceptors (Lipinski definition) is 4. The molecule has 0 radical (unpaired) electrons. The minimum absolute atomic E-state index is 0.128. The number of sulfonamides is 1. The van der Waals surface area contributed by atoms with Gasteiger partial charge in [-0.3, -0.25) is 0 Å². The van der Waals surface area contributed by atoms with Crippen molar-refractivity contribution < 1.29 is 17.9 Å². The summed E-state index contributed by atoms with van der Waals surface area (Å²) < 4.78 is 31.0.